The number of halogens is 3. The molecule has 1 aromatic rings. The van der Waals surface area contributed by atoms with Gasteiger partial charge in [0.1, 0.15) is 11.5 Å². The number of benzene rings is 1. The number of hydrogen-bond acceptors (Lipinski definition) is 3. The molecule has 2 aliphatic rings. The molecule has 1 aliphatic heterocycles. The second-order valence-corrected chi connectivity index (χ2v) is 6.64. The molecule has 2 unspecified atom stereocenters. The van der Waals surface area contributed by atoms with Gasteiger partial charge in [0.25, 0.3) is 0 Å². The molecule has 1 heterocycles. The first kappa shape index (κ1) is 17.8. The van der Waals surface area contributed by atoms with Crippen LogP contribution in [0.15, 0.2) is 18.2 Å². The quantitative estimate of drug-likeness (QED) is 0.829. The first-order chi connectivity index (χ1) is 11.8. The molecule has 136 valence electrons. The highest BCUT2D eigenvalue weighted by Crippen LogP contribution is 2.37. The van der Waals surface area contributed by atoms with Crippen molar-refractivity contribution in [2.45, 2.75) is 45.3 Å². The van der Waals surface area contributed by atoms with Crippen LogP contribution >= 0.6 is 0 Å². The Morgan fingerprint density at radius 1 is 1.36 bits per heavy atom. The number of fused-ring (bicyclic) bond motifs is 1. The number of Topliss-reactive ketones (excluding diaryl/α,β-unsaturated/α-hetero) is 1. The van der Waals surface area contributed by atoms with Crippen molar-refractivity contribution in [2.24, 2.45) is 11.8 Å². The van der Waals surface area contributed by atoms with Crippen LogP contribution < -0.4 is 4.74 Å². The average molecular weight is 355 g/mol. The first-order valence-corrected chi connectivity index (χ1v) is 8.45. The molecule has 0 aromatic heterocycles. The van der Waals surface area contributed by atoms with E-state index in [0.29, 0.717) is 30.6 Å². The summed E-state index contributed by atoms with van der Waals surface area (Å²) >= 11 is 0. The molecule has 1 fully saturated rings. The molecule has 1 aliphatic carbocycles. The van der Waals surface area contributed by atoms with Crippen LogP contribution in [-0.2, 0) is 22.3 Å². The zero-order chi connectivity index (χ0) is 18.2. The molecular formula is C18H20F3NO3. The van der Waals surface area contributed by atoms with E-state index in [2.05, 4.69) is 0 Å². The lowest BCUT2D eigenvalue weighted by molar-refractivity contribution is -0.143. The summed E-state index contributed by atoms with van der Waals surface area (Å²) in [6, 6.07) is 3.29. The van der Waals surface area contributed by atoms with Crippen LogP contribution in [0.2, 0.25) is 0 Å². The summed E-state index contributed by atoms with van der Waals surface area (Å²) < 4.78 is 44.1. The lowest BCUT2D eigenvalue weighted by Gasteiger charge is -2.32. The number of alkyl halides is 3. The Labute approximate surface area is 143 Å². The van der Waals surface area contributed by atoms with Crippen molar-refractivity contribution in [1.82, 2.24) is 4.90 Å². The van der Waals surface area contributed by atoms with Crippen LogP contribution in [0.25, 0.3) is 0 Å². The lowest BCUT2D eigenvalue weighted by Crippen LogP contribution is -2.42. The third-order valence-electron chi connectivity index (χ3n) is 4.95. The van der Waals surface area contributed by atoms with Crippen LogP contribution in [0.4, 0.5) is 13.2 Å². The molecule has 0 radical (unpaired) electrons. The van der Waals surface area contributed by atoms with E-state index in [1.165, 1.54) is 11.0 Å². The van der Waals surface area contributed by atoms with Gasteiger partial charge in [0.2, 0.25) is 5.91 Å². The Morgan fingerprint density at radius 3 is 2.80 bits per heavy atom. The fraction of sp³-hybridized carbons (Fsp3) is 0.556. The molecule has 1 amide bonds. The summed E-state index contributed by atoms with van der Waals surface area (Å²) in [6.07, 6.45) is -2.06. The van der Waals surface area contributed by atoms with Crippen molar-refractivity contribution >= 4 is 11.7 Å². The van der Waals surface area contributed by atoms with Crippen molar-refractivity contribution in [3.05, 3.63) is 29.3 Å². The highest BCUT2D eigenvalue weighted by molar-refractivity contribution is 5.92. The van der Waals surface area contributed by atoms with Gasteiger partial charge in [-0.1, -0.05) is 13.3 Å². The van der Waals surface area contributed by atoms with Crippen molar-refractivity contribution in [2.75, 3.05) is 6.73 Å². The van der Waals surface area contributed by atoms with E-state index >= 15 is 0 Å². The largest absolute Gasteiger partial charge is 0.473 e. The van der Waals surface area contributed by atoms with Gasteiger partial charge in [0.05, 0.1) is 12.1 Å². The van der Waals surface area contributed by atoms with Crippen LogP contribution in [0.1, 0.15) is 43.7 Å². The number of amides is 1. The maximum absolute atomic E-state index is 12.9. The maximum Gasteiger partial charge on any atom is 0.416 e. The average Bonchev–Trinajstić information content (AvgIpc) is 2.93. The first-order valence-electron chi connectivity index (χ1n) is 8.45. The summed E-state index contributed by atoms with van der Waals surface area (Å²) in [5.41, 5.74) is -0.421. The Bertz CT molecular complexity index is 687. The van der Waals surface area contributed by atoms with Gasteiger partial charge in [-0.05, 0) is 31.0 Å². The molecule has 25 heavy (non-hydrogen) atoms. The van der Waals surface area contributed by atoms with Crippen LogP contribution in [0.3, 0.4) is 0 Å². The Hall–Kier alpha value is -2.05. The van der Waals surface area contributed by atoms with Crippen molar-refractivity contribution in [3.63, 3.8) is 0 Å². The van der Waals surface area contributed by atoms with E-state index in [-0.39, 0.29) is 36.8 Å². The molecule has 7 heteroatoms. The van der Waals surface area contributed by atoms with Crippen LogP contribution in [-0.4, -0.2) is 23.3 Å². The van der Waals surface area contributed by atoms with E-state index in [9.17, 15) is 22.8 Å². The third-order valence-corrected chi connectivity index (χ3v) is 4.95. The third kappa shape index (κ3) is 3.50. The zero-order valence-electron chi connectivity index (χ0n) is 13.9. The molecule has 1 saturated carbocycles. The minimum Gasteiger partial charge on any atom is -0.473 e. The Morgan fingerprint density at radius 2 is 2.12 bits per heavy atom. The van der Waals surface area contributed by atoms with Gasteiger partial charge in [0.15, 0.2) is 6.73 Å². The molecule has 1 aromatic carbocycles. The second kappa shape index (κ2) is 6.69. The summed E-state index contributed by atoms with van der Waals surface area (Å²) in [6.45, 7) is 2.04. The molecule has 0 bridgehead atoms. The van der Waals surface area contributed by atoms with Crippen molar-refractivity contribution in [1.29, 1.82) is 0 Å². The minimum atomic E-state index is -4.44. The number of rotatable bonds is 3. The van der Waals surface area contributed by atoms with Crippen LogP contribution in [0.5, 0.6) is 5.75 Å². The minimum absolute atomic E-state index is 0.000728. The van der Waals surface area contributed by atoms with Gasteiger partial charge in [0, 0.05) is 23.8 Å². The highest BCUT2D eigenvalue weighted by atomic mass is 19.4. The second-order valence-electron chi connectivity index (χ2n) is 6.64. The van der Waals surface area contributed by atoms with Gasteiger partial charge in [-0.2, -0.15) is 13.2 Å². The van der Waals surface area contributed by atoms with E-state index < -0.39 is 11.7 Å². The van der Waals surface area contributed by atoms with E-state index in [0.717, 1.165) is 18.6 Å². The number of ketones is 1. The van der Waals surface area contributed by atoms with E-state index in [1.54, 1.807) is 0 Å². The number of nitrogens with zero attached hydrogens (tertiary/aromatic N) is 1. The molecular weight excluding hydrogens is 335 g/mol. The highest BCUT2D eigenvalue weighted by Gasteiger charge is 2.41. The normalized spacial score (nSPS) is 23.4. The summed E-state index contributed by atoms with van der Waals surface area (Å²) in [5.74, 6) is -0.390. The van der Waals surface area contributed by atoms with Crippen molar-refractivity contribution in [3.8, 4) is 5.75 Å². The van der Waals surface area contributed by atoms with Crippen LogP contribution in [0, 0.1) is 11.8 Å². The molecule has 4 nitrogen and oxygen atoms in total. The van der Waals surface area contributed by atoms with Gasteiger partial charge in [-0.15, -0.1) is 0 Å². The predicted molar refractivity (Wildman–Crippen MR) is 83.6 cm³/mol. The number of carbonyl (C=O) groups excluding carboxylic acids is 2. The van der Waals surface area contributed by atoms with E-state index in [4.69, 9.17) is 4.74 Å². The lowest BCUT2D eigenvalue weighted by atomic mass is 9.90. The SMILES string of the molecule is CCCC1C(=O)CCC1C(=O)N1COc2ccc(C(F)(F)F)cc2C1. The number of carbonyl (C=O) groups is 2. The van der Waals surface area contributed by atoms with Gasteiger partial charge >= 0.3 is 6.18 Å². The number of ether oxygens (including phenoxy) is 1. The van der Waals surface area contributed by atoms with Gasteiger partial charge < -0.3 is 9.64 Å². The van der Waals surface area contributed by atoms with Gasteiger partial charge in [-0.3, -0.25) is 9.59 Å². The number of hydrogen-bond donors (Lipinski definition) is 0. The maximum atomic E-state index is 12.9. The fourth-order valence-electron chi connectivity index (χ4n) is 3.67. The predicted octanol–water partition coefficient (Wildman–Crippen LogP) is 3.78. The summed E-state index contributed by atoms with van der Waals surface area (Å²) in [4.78, 5) is 26.2. The molecule has 0 N–H and O–H groups in total. The topological polar surface area (TPSA) is 46.6 Å². The molecule has 2 atom stereocenters. The smallest absolute Gasteiger partial charge is 0.416 e. The molecule has 0 spiro atoms. The summed E-state index contributed by atoms with van der Waals surface area (Å²) in [5, 5.41) is 0. The van der Waals surface area contributed by atoms with Gasteiger partial charge in [-0.25, -0.2) is 0 Å². The monoisotopic (exact) mass is 355 g/mol. The Balaban J connectivity index is 1.77. The van der Waals surface area contributed by atoms with E-state index in [1.807, 2.05) is 6.92 Å². The zero-order valence-corrected chi connectivity index (χ0v) is 13.9. The van der Waals surface area contributed by atoms with Crippen molar-refractivity contribution < 1.29 is 27.5 Å². The molecule has 3 rings (SSSR count). The standard InChI is InChI=1S/C18H20F3NO3/c1-2-3-13-14(5-6-15(13)23)17(24)22-9-11-8-12(18(19,20)21)4-7-16(11)25-10-22/h4,7-8,13-14H,2-3,5-6,9-10H2,1H3. The molecule has 0 saturated heterocycles. The Kier molecular flexibility index (Phi) is 4.75. The summed E-state index contributed by atoms with van der Waals surface area (Å²) in [7, 11) is 0. The fourth-order valence-corrected chi connectivity index (χ4v) is 3.67.